The monoisotopic (exact) mass is 453 g/mol. The highest BCUT2D eigenvalue weighted by atomic mass is 32.1. The molecule has 2 aromatic heterocycles. The number of fused-ring (bicyclic) bond motifs is 12. The lowest BCUT2D eigenvalue weighted by Crippen LogP contribution is -1.94. The minimum absolute atomic E-state index is 0.0182. The molecule has 0 bridgehead atoms. The molecule has 0 radical (unpaired) electrons. The maximum atomic E-state index is 8.96. The predicted octanol–water partition coefficient (Wildman–Crippen LogP) is 9.46. The smallest absolute Gasteiger partial charge is 0.0638 e. The number of nitrogens with zero attached hydrogens (tertiary/aromatic N) is 1. The van der Waals surface area contributed by atoms with Crippen LogP contribution in [0.2, 0.25) is 0 Å². The van der Waals surface area contributed by atoms with Crippen molar-refractivity contribution in [1.29, 1.82) is 0 Å². The minimum Gasteiger partial charge on any atom is -0.309 e. The van der Waals surface area contributed by atoms with E-state index in [0.717, 1.165) is 59.1 Å². The Balaban J connectivity index is 1.82. The van der Waals surface area contributed by atoms with E-state index < -0.39 is 0 Å². The molecule has 0 atom stereocenters. The van der Waals surface area contributed by atoms with E-state index in [4.69, 9.17) is 5.48 Å². The quantitative estimate of drug-likeness (QED) is 0.233. The van der Waals surface area contributed by atoms with Gasteiger partial charge in [-0.1, -0.05) is 90.9 Å². The third-order valence-electron chi connectivity index (χ3n) is 6.88. The van der Waals surface area contributed by atoms with Crippen molar-refractivity contribution in [2.24, 2.45) is 0 Å². The highest BCUT2D eigenvalue weighted by Gasteiger charge is 2.22. The molecule has 1 nitrogen and oxygen atoms in total. The van der Waals surface area contributed by atoms with Gasteiger partial charge in [0.1, 0.15) is 0 Å². The fraction of sp³-hybridized carbons (Fsp3) is 0. The lowest BCUT2D eigenvalue weighted by atomic mass is 9.97. The average Bonchev–Trinajstić information content (AvgIpc) is 3.53. The number of hydrogen-bond acceptors (Lipinski definition) is 1. The van der Waals surface area contributed by atoms with Crippen LogP contribution in [-0.2, 0) is 0 Å². The van der Waals surface area contributed by atoms with Gasteiger partial charge in [-0.15, -0.1) is 11.3 Å². The van der Waals surface area contributed by atoms with Gasteiger partial charge in [0.25, 0.3) is 0 Å². The second-order valence-corrected chi connectivity index (χ2v) is 9.65. The van der Waals surface area contributed by atoms with Crippen molar-refractivity contribution in [2.75, 3.05) is 0 Å². The molecule has 2 heteroatoms. The first-order valence-electron chi connectivity index (χ1n) is 13.3. The van der Waals surface area contributed by atoms with Crippen LogP contribution in [0, 0.1) is 0 Å². The van der Waals surface area contributed by atoms with Crippen molar-refractivity contribution in [2.45, 2.75) is 0 Å². The zero-order valence-corrected chi connectivity index (χ0v) is 18.8. The minimum atomic E-state index is -0.194. The van der Waals surface area contributed by atoms with Crippen LogP contribution in [-0.4, -0.2) is 4.57 Å². The fourth-order valence-electron chi connectivity index (χ4n) is 5.54. The van der Waals surface area contributed by atoms with Gasteiger partial charge >= 0.3 is 0 Å². The van der Waals surface area contributed by atoms with E-state index in [0.29, 0.717) is 10.1 Å². The molecule has 2 heterocycles. The Morgan fingerprint density at radius 2 is 1.32 bits per heavy atom. The zero-order valence-electron chi connectivity index (χ0n) is 22.0. The van der Waals surface area contributed by atoms with Gasteiger partial charge in [0.15, 0.2) is 0 Å². The van der Waals surface area contributed by atoms with Gasteiger partial charge in [0.05, 0.1) is 16.5 Å². The summed E-state index contributed by atoms with van der Waals surface area (Å²) in [6.45, 7) is 0. The van der Waals surface area contributed by atoms with Gasteiger partial charge in [-0.2, -0.15) is 0 Å². The molecule has 0 amide bonds. The van der Waals surface area contributed by atoms with Crippen LogP contribution >= 0.6 is 11.3 Å². The van der Waals surface area contributed by atoms with Crippen molar-refractivity contribution in [1.82, 2.24) is 4.57 Å². The third kappa shape index (κ3) is 2.28. The lowest BCUT2D eigenvalue weighted by molar-refractivity contribution is 1.19. The SMILES string of the molecule is [2H]c1c([2H])c([2H])c2c(sc3c4ccccc4c4c(c32)c2c3ccccc3ccc2n4-c2ccccc2)c1[2H]. The molecule has 0 unspecified atom stereocenters. The molecule has 0 saturated carbocycles. The molecule has 0 spiro atoms. The number of aromatic nitrogens is 1. The maximum absolute atomic E-state index is 8.96. The van der Waals surface area contributed by atoms with Crippen molar-refractivity contribution in [3.63, 3.8) is 0 Å². The Morgan fingerprint density at radius 3 is 2.21 bits per heavy atom. The fourth-order valence-corrected chi connectivity index (χ4v) is 6.70. The molecule has 8 rings (SSSR count). The predicted molar refractivity (Wildman–Crippen MR) is 149 cm³/mol. The van der Waals surface area contributed by atoms with Crippen molar-refractivity contribution < 1.29 is 5.48 Å². The number of para-hydroxylation sites is 1. The van der Waals surface area contributed by atoms with Crippen molar-refractivity contribution in [3.05, 3.63) is 115 Å². The Bertz CT molecular complexity index is 2280. The molecule has 6 aromatic carbocycles. The van der Waals surface area contributed by atoms with E-state index in [1.54, 1.807) is 0 Å². The van der Waals surface area contributed by atoms with E-state index in [9.17, 15) is 0 Å². The number of benzene rings is 6. The van der Waals surface area contributed by atoms with Crippen molar-refractivity contribution >= 4 is 74.9 Å². The zero-order chi connectivity index (χ0) is 25.7. The molecule has 0 fully saturated rings. The van der Waals surface area contributed by atoms with Crippen LogP contribution in [0.5, 0.6) is 0 Å². The lowest BCUT2D eigenvalue weighted by Gasteiger charge is -2.10. The molecule has 8 aromatic rings. The Labute approximate surface area is 205 Å². The summed E-state index contributed by atoms with van der Waals surface area (Å²) in [5.41, 5.74) is 3.18. The summed E-state index contributed by atoms with van der Waals surface area (Å²) in [5, 5.41) is 8.05. The number of rotatable bonds is 1. The van der Waals surface area contributed by atoms with Gasteiger partial charge < -0.3 is 4.57 Å². The summed E-state index contributed by atoms with van der Waals surface area (Å²) in [7, 11) is 0. The van der Waals surface area contributed by atoms with E-state index in [-0.39, 0.29) is 24.2 Å². The maximum Gasteiger partial charge on any atom is 0.0638 e. The number of hydrogen-bond donors (Lipinski definition) is 0. The van der Waals surface area contributed by atoms with Gasteiger partial charge in [-0.25, -0.2) is 0 Å². The molecule has 0 aliphatic rings. The first kappa shape index (κ1) is 14.9. The van der Waals surface area contributed by atoms with Crippen LogP contribution in [0.15, 0.2) is 115 Å². The Morgan fingerprint density at radius 1 is 0.588 bits per heavy atom. The van der Waals surface area contributed by atoms with Crippen LogP contribution < -0.4 is 0 Å². The molecule has 34 heavy (non-hydrogen) atoms. The second-order valence-electron chi connectivity index (χ2n) is 8.63. The highest BCUT2D eigenvalue weighted by Crippen LogP contribution is 2.49. The molecule has 0 aliphatic carbocycles. The Kier molecular flexibility index (Phi) is 2.93. The van der Waals surface area contributed by atoms with Crippen LogP contribution in [0.4, 0.5) is 0 Å². The van der Waals surface area contributed by atoms with Gasteiger partial charge in [-0.3, -0.25) is 0 Å². The third-order valence-corrected chi connectivity index (χ3v) is 8.02. The summed E-state index contributed by atoms with van der Waals surface area (Å²) in [6.07, 6.45) is 0. The van der Waals surface area contributed by atoms with Crippen LogP contribution in [0.1, 0.15) is 5.48 Å². The summed E-state index contributed by atoms with van der Waals surface area (Å²) in [5.74, 6) is 0. The van der Waals surface area contributed by atoms with Crippen LogP contribution in [0.25, 0.3) is 69.2 Å². The topological polar surface area (TPSA) is 4.93 Å². The molecule has 0 N–H and O–H groups in total. The highest BCUT2D eigenvalue weighted by molar-refractivity contribution is 7.27. The Hall–Kier alpha value is -4.14. The summed E-state index contributed by atoms with van der Waals surface area (Å²) in [4.78, 5) is 0. The average molecular weight is 454 g/mol. The second kappa shape index (κ2) is 6.69. The molecular formula is C32H19NS. The van der Waals surface area contributed by atoms with E-state index in [2.05, 4.69) is 65.2 Å². The summed E-state index contributed by atoms with van der Waals surface area (Å²) < 4.78 is 38.4. The standard InChI is InChI=1S/C32H19NS/c1-2-11-21(12-3-1)33-26-19-18-20-10-4-5-13-22(20)28(26)30-29-25-16-8-9-17-27(25)34-32(29)24-15-7-6-14-23(24)31(30)33/h1-19H/i8D,9D,16D,17D. The first-order chi connectivity index (χ1) is 18.6. The van der Waals surface area contributed by atoms with Crippen molar-refractivity contribution in [3.8, 4) is 5.69 Å². The van der Waals surface area contributed by atoms with E-state index in [1.807, 2.05) is 30.3 Å². The summed E-state index contributed by atoms with van der Waals surface area (Å²) in [6, 6.07) is 31.1. The molecule has 158 valence electrons. The molecule has 0 saturated heterocycles. The van der Waals surface area contributed by atoms with Crippen LogP contribution in [0.3, 0.4) is 0 Å². The largest absolute Gasteiger partial charge is 0.309 e. The van der Waals surface area contributed by atoms with Gasteiger partial charge in [-0.05, 0) is 35.0 Å². The van der Waals surface area contributed by atoms with E-state index in [1.165, 1.54) is 11.3 Å². The molecular weight excluding hydrogens is 430 g/mol. The summed E-state index contributed by atoms with van der Waals surface area (Å²) >= 11 is 1.47. The molecule has 0 aliphatic heterocycles. The first-order valence-corrected chi connectivity index (χ1v) is 12.1. The van der Waals surface area contributed by atoms with Gasteiger partial charge in [0, 0.05) is 47.4 Å². The number of thiophene rings is 1. The van der Waals surface area contributed by atoms with Gasteiger partial charge in [0.2, 0.25) is 0 Å². The van der Waals surface area contributed by atoms with E-state index >= 15 is 0 Å². The normalized spacial score (nSPS) is 13.8.